The van der Waals surface area contributed by atoms with E-state index in [1.165, 1.54) is 12.1 Å². The fraction of sp³-hybridized carbons (Fsp3) is 0.250. The van der Waals surface area contributed by atoms with Gasteiger partial charge in [0.2, 0.25) is 0 Å². The molecule has 140 valence electrons. The minimum absolute atomic E-state index is 0.153. The Morgan fingerprint density at radius 2 is 2.04 bits per heavy atom. The molecule has 3 rings (SSSR count). The first kappa shape index (κ1) is 18.6. The Balaban J connectivity index is 1.86. The van der Waals surface area contributed by atoms with E-state index in [9.17, 15) is 9.18 Å². The maximum Gasteiger partial charge on any atom is 0.269 e. The van der Waals surface area contributed by atoms with Crippen molar-refractivity contribution in [2.45, 2.75) is 20.3 Å². The molecule has 0 unspecified atom stereocenters. The van der Waals surface area contributed by atoms with Gasteiger partial charge in [0.05, 0.1) is 5.69 Å². The van der Waals surface area contributed by atoms with E-state index in [0.29, 0.717) is 29.4 Å². The van der Waals surface area contributed by atoms with Crippen LogP contribution in [-0.2, 0) is 7.05 Å². The number of nitrogens with zero attached hydrogens (tertiary/aromatic N) is 3. The lowest BCUT2D eigenvalue weighted by Gasteiger charge is -2.02. The molecule has 2 heterocycles. The molecule has 27 heavy (non-hydrogen) atoms. The van der Waals surface area contributed by atoms with Crippen molar-refractivity contribution in [3.8, 4) is 11.3 Å². The summed E-state index contributed by atoms with van der Waals surface area (Å²) in [5.74, 6) is 0.181. The standard InChI is InChI=1S/C20H21FN4O2/c1-4-11-22-20(26)18-12-16(23-25(18)3)9-10-17-13(2)27-24-19(17)14-5-7-15(21)8-6-14/h5-10,12H,4,11H2,1-3H3,(H,22,26). The van der Waals surface area contributed by atoms with Crippen LogP contribution < -0.4 is 5.32 Å². The highest BCUT2D eigenvalue weighted by atomic mass is 19.1. The van der Waals surface area contributed by atoms with Gasteiger partial charge >= 0.3 is 0 Å². The second-order valence-electron chi connectivity index (χ2n) is 6.18. The van der Waals surface area contributed by atoms with Gasteiger partial charge in [-0.15, -0.1) is 0 Å². The molecule has 0 spiro atoms. The Hall–Kier alpha value is -3.22. The largest absolute Gasteiger partial charge is 0.360 e. The number of benzene rings is 1. The van der Waals surface area contributed by atoms with E-state index in [1.807, 2.05) is 19.9 Å². The molecule has 3 aromatic rings. The number of amides is 1. The van der Waals surface area contributed by atoms with Crippen molar-refractivity contribution >= 4 is 18.1 Å². The van der Waals surface area contributed by atoms with Gasteiger partial charge in [0.25, 0.3) is 5.91 Å². The molecule has 1 N–H and O–H groups in total. The van der Waals surface area contributed by atoms with Gasteiger partial charge in [-0.25, -0.2) is 4.39 Å². The molecule has 0 saturated heterocycles. The maximum absolute atomic E-state index is 13.2. The van der Waals surface area contributed by atoms with Crippen molar-refractivity contribution < 1.29 is 13.7 Å². The minimum Gasteiger partial charge on any atom is -0.360 e. The molecule has 0 saturated carbocycles. The molecule has 2 aromatic heterocycles. The molecule has 6 nitrogen and oxygen atoms in total. The van der Waals surface area contributed by atoms with Crippen LogP contribution in [0.3, 0.4) is 0 Å². The van der Waals surface area contributed by atoms with Crippen LogP contribution >= 0.6 is 0 Å². The monoisotopic (exact) mass is 368 g/mol. The first-order valence-electron chi connectivity index (χ1n) is 8.72. The van der Waals surface area contributed by atoms with E-state index in [-0.39, 0.29) is 11.7 Å². The Kier molecular flexibility index (Phi) is 5.49. The first-order valence-corrected chi connectivity index (χ1v) is 8.72. The zero-order valence-electron chi connectivity index (χ0n) is 15.5. The van der Waals surface area contributed by atoms with Gasteiger partial charge in [0, 0.05) is 24.7 Å². The SMILES string of the molecule is CCCNC(=O)c1cc(C=Cc2c(-c3ccc(F)cc3)noc2C)nn1C. The molecule has 0 fully saturated rings. The molecule has 0 atom stereocenters. The predicted octanol–water partition coefficient (Wildman–Crippen LogP) is 3.83. The molecule has 0 aliphatic carbocycles. The number of hydrogen-bond donors (Lipinski definition) is 1. The normalized spacial score (nSPS) is 11.3. The van der Waals surface area contributed by atoms with Crippen LogP contribution in [0, 0.1) is 12.7 Å². The van der Waals surface area contributed by atoms with Gasteiger partial charge in [-0.3, -0.25) is 9.48 Å². The second kappa shape index (κ2) is 7.99. The number of carbonyl (C=O) groups excluding carboxylic acids is 1. The highest BCUT2D eigenvalue weighted by molar-refractivity contribution is 5.93. The van der Waals surface area contributed by atoms with Crippen LogP contribution in [0.25, 0.3) is 23.4 Å². The third-order valence-corrected chi connectivity index (χ3v) is 4.11. The Labute approximate surface area is 156 Å². The highest BCUT2D eigenvalue weighted by Crippen LogP contribution is 2.27. The Bertz CT molecular complexity index is 971. The Morgan fingerprint density at radius 3 is 2.74 bits per heavy atom. The third-order valence-electron chi connectivity index (χ3n) is 4.11. The highest BCUT2D eigenvalue weighted by Gasteiger charge is 2.14. The average molecular weight is 368 g/mol. The van der Waals surface area contributed by atoms with Crippen molar-refractivity contribution in [1.29, 1.82) is 0 Å². The summed E-state index contributed by atoms with van der Waals surface area (Å²) < 4.78 is 20.0. The van der Waals surface area contributed by atoms with E-state index in [2.05, 4.69) is 15.6 Å². The van der Waals surface area contributed by atoms with Gasteiger partial charge < -0.3 is 9.84 Å². The van der Waals surface area contributed by atoms with Gasteiger partial charge in [0.15, 0.2) is 0 Å². The van der Waals surface area contributed by atoms with E-state index < -0.39 is 0 Å². The lowest BCUT2D eigenvalue weighted by molar-refractivity contribution is 0.0944. The summed E-state index contributed by atoms with van der Waals surface area (Å²) in [7, 11) is 1.73. The van der Waals surface area contributed by atoms with Gasteiger partial charge in [-0.1, -0.05) is 12.1 Å². The summed E-state index contributed by atoms with van der Waals surface area (Å²) in [5, 5.41) is 11.3. The smallest absolute Gasteiger partial charge is 0.269 e. The maximum atomic E-state index is 13.2. The van der Waals surface area contributed by atoms with Crippen molar-refractivity contribution in [2.24, 2.45) is 7.05 Å². The lowest BCUT2D eigenvalue weighted by Crippen LogP contribution is -2.26. The lowest BCUT2D eigenvalue weighted by atomic mass is 10.1. The quantitative estimate of drug-likeness (QED) is 0.718. The fourth-order valence-electron chi connectivity index (χ4n) is 2.67. The minimum atomic E-state index is -0.307. The number of hydrogen-bond acceptors (Lipinski definition) is 4. The average Bonchev–Trinajstić information content (AvgIpc) is 3.21. The van der Waals surface area contributed by atoms with Crippen molar-refractivity contribution in [1.82, 2.24) is 20.3 Å². The van der Waals surface area contributed by atoms with Crippen molar-refractivity contribution in [3.63, 3.8) is 0 Å². The van der Waals surface area contributed by atoms with Crippen LogP contribution in [0.1, 0.15) is 40.9 Å². The van der Waals surface area contributed by atoms with E-state index in [4.69, 9.17) is 4.52 Å². The second-order valence-corrected chi connectivity index (χ2v) is 6.18. The van der Waals surface area contributed by atoms with Crippen LogP contribution in [0.2, 0.25) is 0 Å². The van der Waals surface area contributed by atoms with Crippen LogP contribution in [0.4, 0.5) is 4.39 Å². The third kappa shape index (κ3) is 4.13. The van der Waals surface area contributed by atoms with Gasteiger partial charge in [-0.05, 0) is 55.8 Å². The van der Waals surface area contributed by atoms with E-state index >= 15 is 0 Å². The number of aromatic nitrogens is 3. The molecular weight excluding hydrogens is 347 g/mol. The molecule has 0 bridgehead atoms. The number of nitrogens with one attached hydrogen (secondary N) is 1. The number of carbonyl (C=O) groups is 1. The predicted molar refractivity (Wildman–Crippen MR) is 101 cm³/mol. The summed E-state index contributed by atoms with van der Waals surface area (Å²) in [6.07, 6.45) is 4.50. The first-order chi connectivity index (χ1) is 13.0. The molecule has 7 heteroatoms. The van der Waals surface area contributed by atoms with E-state index in [1.54, 1.807) is 36.0 Å². The molecule has 1 aromatic carbocycles. The zero-order valence-corrected chi connectivity index (χ0v) is 15.5. The van der Waals surface area contributed by atoms with Gasteiger partial charge in [0.1, 0.15) is 23.0 Å². The summed E-state index contributed by atoms with van der Waals surface area (Å²) in [4.78, 5) is 12.1. The topological polar surface area (TPSA) is 73.0 Å². The van der Waals surface area contributed by atoms with Crippen molar-refractivity contribution in [2.75, 3.05) is 6.54 Å². The summed E-state index contributed by atoms with van der Waals surface area (Å²) in [6.45, 7) is 4.43. The van der Waals surface area contributed by atoms with E-state index in [0.717, 1.165) is 17.5 Å². The zero-order chi connectivity index (χ0) is 19.4. The molecule has 0 radical (unpaired) electrons. The fourth-order valence-corrected chi connectivity index (χ4v) is 2.67. The van der Waals surface area contributed by atoms with Crippen LogP contribution in [-0.4, -0.2) is 27.4 Å². The molecule has 1 amide bonds. The van der Waals surface area contributed by atoms with Gasteiger partial charge in [-0.2, -0.15) is 5.10 Å². The molecular formula is C20H21FN4O2. The Morgan fingerprint density at radius 1 is 1.30 bits per heavy atom. The number of rotatable bonds is 6. The summed E-state index contributed by atoms with van der Waals surface area (Å²) in [5.41, 5.74) is 3.30. The number of halogens is 1. The van der Waals surface area contributed by atoms with Crippen LogP contribution in [0.15, 0.2) is 34.9 Å². The van der Waals surface area contributed by atoms with Crippen LogP contribution in [0.5, 0.6) is 0 Å². The summed E-state index contributed by atoms with van der Waals surface area (Å²) >= 11 is 0. The molecule has 0 aliphatic rings. The number of aryl methyl sites for hydroxylation is 2. The van der Waals surface area contributed by atoms with Crippen molar-refractivity contribution in [3.05, 3.63) is 58.9 Å². The summed E-state index contributed by atoms with van der Waals surface area (Å²) in [6, 6.07) is 7.79. The molecule has 0 aliphatic heterocycles.